The van der Waals surface area contributed by atoms with Gasteiger partial charge in [-0.15, -0.1) is 0 Å². The minimum atomic E-state index is -0.484. The predicted octanol–water partition coefficient (Wildman–Crippen LogP) is 2.65. The molecule has 0 spiro atoms. The summed E-state index contributed by atoms with van der Waals surface area (Å²) in [5, 5.41) is 5.09. The number of hydrogen-bond acceptors (Lipinski definition) is 6. The summed E-state index contributed by atoms with van der Waals surface area (Å²) in [5.41, 5.74) is 6.51. The summed E-state index contributed by atoms with van der Waals surface area (Å²) in [7, 11) is 3.06. The Balaban J connectivity index is 1.83. The number of benzene rings is 2. The smallest absolute Gasteiger partial charge is 0.269 e. The van der Waals surface area contributed by atoms with Crippen LogP contribution in [0.4, 0.5) is 5.69 Å². The second-order valence-electron chi connectivity index (χ2n) is 7.07. The molecule has 2 aromatic carbocycles. The molecular weight excluding hydrogens is 444 g/mol. The van der Waals surface area contributed by atoms with Gasteiger partial charge in [0.15, 0.2) is 16.6 Å². The summed E-state index contributed by atoms with van der Waals surface area (Å²) in [6.45, 7) is 3.58. The molecule has 2 aromatic rings. The van der Waals surface area contributed by atoms with Gasteiger partial charge >= 0.3 is 0 Å². The lowest BCUT2D eigenvalue weighted by atomic mass is 10.1. The van der Waals surface area contributed by atoms with Crippen LogP contribution in [0.3, 0.4) is 0 Å². The zero-order valence-electron chi connectivity index (χ0n) is 18.7. The summed E-state index contributed by atoms with van der Waals surface area (Å²) >= 11 is 5.02. The van der Waals surface area contributed by atoms with E-state index < -0.39 is 11.8 Å². The molecule has 0 bridgehead atoms. The molecule has 0 aliphatic rings. The molecule has 9 nitrogen and oxygen atoms in total. The van der Waals surface area contributed by atoms with Crippen molar-refractivity contribution in [2.45, 2.75) is 13.8 Å². The highest BCUT2D eigenvalue weighted by atomic mass is 32.1. The van der Waals surface area contributed by atoms with Gasteiger partial charge in [-0.3, -0.25) is 30.6 Å². The van der Waals surface area contributed by atoms with Crippen LogP contribution >= 0.6 is 12.2 Å². The van der Waals surface area contributed by atoms with Crippen molar-refractivity contribution in [2.24, 2.45) is 5.92 Å². The molecule has 174 valence electrons. The lowest BCUT2D eigenvalue weighted by molar-refractivity contribution is -0.119. The number of thiocarbonyl (C=S) groups is 1. The van der Waals surface area contributed by atoms with E-state index in [1.807, 2.05) is 0 Å². The zero-order chi connectivity index (χ0) is 24.4. The lowest BCUT2D eigenvalue weighted by Crippen LogP contribution is -2.48. The number of methoxy groups -OCH3 is 2. The first-order chi connectivity index (χ1) is 15.7. The Morgan fingerprint density at radius 3 is 2.21 bits per heavy atom. The summed E-state index contributed by atoms with van der Waals surface area (Å²) in [4.78, 5) is 36.0. The van der Waals surface area contributed by atoms with Crippen LogP contribution in [0.2, 0.25) is 0 Å². The minimum absolute atomic E-state index is 0.0777. The van der Waals surface area contributed by atoms with Crippen molar-refractivity contribution in [2.75, 3.05) is 19.5 Å². The van der Waals surface area contributed by atoms with Crippen LogP contribution in [0.15, 0.2) is 48.5 Å². The Labute approximate surface area is 197 Å². The number of anilines is 1. The maximum atomic E-state index is 12.2. The molecule has 0 aliphatic carbocycles. The number of ether oxygens (including phenoxy) is 2. The Hall–Kier alpha value is -3.92. The first kappa shape index (κ1) is 25.3. The van der Waals surface area contributed by atoms with Crippen LogP contribution in [0.1, 0.15) is 29.8 Å². The molecular formula is C23H26N4O5S. The van der Waals surface area contributed by atoms with Crippen molar-refractivity contribution >= 4 is 46.8 Å². The van der Waals surface area contributed by atoms with E-state index in [1.54, 1.807) is 62.4 Å². The molecule has 0 saturated carbocycles. The molecule has 0 aliphatic heterocycles. The SMILES string of the molecule is COc1ccc(C=CC(=O)NC(=S)NNC(=O)c2ccc(NC(=O)C(C)C)cc2)cc1OC. The highest BCUT2D eigenvalue weighted by Crippen LogP contribution is 2.27. The monoisotopic (exact) mass is 470 g/mol. The van der Waals surface area contributed by atoms with E-state index in [0.29, 0.717) is 22.7 Å². The summed E-state index contributed by atoms with van der Waals surface area (Å²) < 4.78 is 10.4. The standard InChI is InChI=1S/C23H26N4O5S/c1-14(2)21(29)24-17-9-7-16(8-10-17)22(30)26-27-23(33)25-20(28)12-6-15-5-11-18(31-3)19(13-15)32-4/h5-14H,1-4H3,(H,24,29)(H,26,30)(H2,25,27,28,33). The Morgan fingerprint density at radius 2 is 1.61 bits per heavy atom. The summed E-state index contributed by atoms with van der Waals surface area (Å²) in [5.74, 6) is -0.0983. The predicted molar refractivity (Wildman–Crippen MR) is 130 cm³/mol. The van der Waals surface area contributed by atoms with E-state index in [4.69, 9.17) is 21.7 Å². The van der Waals surface area contributed by atoms with Gasteiger partial charge in [-0.05, 0) is 60.3 Å². The van der Waals surface area contributed by atoms with Gasteiger partial charge in [-0.1, -0.05) is 19.9 Å². The van der Waals surface area contributed by atoms with Gasteiger partial charge in [0.1, 0.15) is 0 Å². The number of hydrogen-bond donors (Lipinski definition) is 4. The van der Waals surface area contributed by atoms with Crippen LogP contribution in [-0.2, 0) is 9.59 Å². The maximum Gasteiger partial charge on any atom is 0.269 e. The van der Waals surface area contributed by atoms with E-state index >= 15 is 0 Å². The molecule has 0 saturated heterocycles. The summed E-state index contributed by atoms with van der Waals surface area (Å²) in [6.07, 6.45) is 2.87. The van der Waals surface area contributed by atoms with Crippen LogP contribution in [-0.4, -0.2) is 37.1 Å². The van der Waals surface area contributed by atoms with Gasteiger partial charge in [0.2, 0.25) is 11.8 Å². The van der Waals surface area contributed by atoms with E-state index in [9.17, 15) is 14.4 Å². The third kappa shape index (κ3) is 7.93. The molecule has 0 atom stereocenters. The molecule has 0 fully saturated rings. The Morgan fingerprint density at radius 1 is 0.939 bits per heavy atom. The normalized spacial score (nSPS) is 10.5. The third-order valence-corrected chi connectivity index (χ3v) is 4.50. The number of carbonyl (C=O) groups excluding carboxylic acids is 3. The van der Waals surface area contributed by atoms with E-state index in [-0.39, 0.29) is 16.9 Å². The number of amides is 3. The molecule has 0 heterocycles. The molecule has 10 heteroatoms. The average Bonchev–Trinajstić information content (AvgIpc) is 2.81. The summed E-state index contributed by atoms with van der Waals surface area (Å²) in [6, 6.07) is 11.6. The van der Waals surface area contributed by atoms with Gasteiger partial charge in [-0.2, -0.15) is 0 Å². The van der Waals surface area contributed by atoms with Crippen molar-refractivity contribution < 1.29 is 23.9 Å². The van der Waals surface area contributed by atoms with Crippen molar-refractivity contribution in [1.29, 1.82) is 0 Å². The Kier molecular flexibility index (Phi) is 9.37. The van der Waals surface area contributed by atoms with Crippen molar-refractivity contribution in [1.82, 2.24) is 16.2 Å². The molecule has 2 rings (SSSR count). The highest BCUT2D eigenvalue weighted by Gasteiger charge is 2.10. The van der Waals surface area contributed by atoms with Crippen LogP contribution in [0.5, 0.6) is 11.5 Å². The first-order valence-electron chi connectivity index (χ1n) is 9.95. The van der Waals surface area contributed by atoms with Gasteiger partial charge in [-0.25, -0.2) is 0 Å². The number of rotatable bonds is 7. The van der Waals surface area contributed by atoms with E-state index in [0.717, 1.165) is 5.56 Å². The fourth-order valence-electron chi connectivity index (χ4n) is 2.49. The van der Waals surface area contributed by atoms with Crippen LogP contribution < -0.4 is 31.0 Å². The topological polar surface area (TPSA) is 118 Å². The van der Waals surface area contributed by atoms with Crippen molar-refractivity contribution in [3.05, 3.63) is 59.7 Å². The molecule has 4 N–H and O–H groups in total. The molecule has 0 radical (unpaired) electrons. The van der Waals surface area contributed by atoms with E-state index in [2.05, 4.69) is 21.5 Å². The lowest BCUT2D eigenvalue weighted by Gasteiger charge is -2.11. The minimum Gasteiger partial charge on any atom is -0.493 e. The molecule has 3 amide bonds. The Bertz CT molecular complexity index is 1050. The van der Waals surface area contributed by atoms with Crippen molar-refractivity contribution in [3.8, 4) is 11.5 Å². The second kappa shape index (κ2) is 12.2. The van der Waals surface area contributed by atoms with Gasteiger partial charge in [0, 0.05) is 23.2 Å². The largest absolute Gasteiger partial charge is 0.493 e. The van der Waals surface area contributed by atoms with Gasteiger partial charge < -0.3 is 14.8 Å². The maximum absolute atomic E-state index is 12.2. The molecule has 0 unspecified atom stereocenters. The van der Waals surface area contributed by atoms with Gasteiger partial charge in [0.05, 0.1) is 14.2 Å². The molecule has 0 aromatic heterocycles. The molecule has 33 heavy (non-hydrogen) atoms. The highest BCUT2D eigenvalue weighted by molar-refractivity contribution is 7.80. The third-order valence-electron chi connectivity index (χ3n) is 4.30. The quantitative estimate of drug-likeness (QED) is 0.279. The fourth-order valence-corrected chi connectivity index (χ4v) is 2.64. The fraction of sp³-hybridized carbons (Fsp3) is 0.217. The first-order valence-corrected chi connectivity index (χ1v) is 10.4. The zero-order valence-corrected chi connectivity index (χ0v) is 19.5. The number of carbonyl (C=O) groups is 3. The van der Waals surface area contributed by atoms with Gasteiger partial charge in [0.25, 0.3) is 5.91 Å². The second-order valence-corrected chi connectivity index (χ2v) is 7.47. The van der Waals surface area contributed by atoms with Crippen molar-refractivity contribution in [3.63, 3.8) is 0 Å². The van der Waals surface area contributed by atoms with Crippen LogP contribution in [0.25, 0.3) is 6.08 Å². The van der Waals surface area contributed by atoms with E-state index in [1.165, 1.54) is 20.3 Å². The van der Waals surface area contributed by atoms with Crippen LogP contribution in [0, 0.1) is 5.92 Å². The number of nitrogens with one attached hydrogen (secondary N) is 4. The average molecular weight is 471 g/mol. The number of hydrazine groups is 1.